The van der Waals surface area contributed by atoms with Gasteiger partial charge in [0, 0.05) is 38.2 Å². The molecule has 2 rings (SSSR count). The molecule has 5 nitrogen and oxygen atoms in total. The van der Waals surface area contributed by atoms with Crippen LogP contribution in [0.4, 0.5) is 0 Å². The summed E-state index contributed by atoms with van der Waals surface area (Å²) in [7, 11) is 1.69. The summed E-state index contributed by atoms with van der Waals surface area (Å²) in [5.74, 6) is 0.136. The van der Waals surface area contributed by atoms with Gasteiger partial charge in [-0.2, -0.15) is 0 Å². The minimum atomic E-state index is -0.792. The van der Waals surface area contributed by atoms with Crippen molar-refractivity contribution < 1.29 is 14.3 Å². The van der Waals surface area contributed by atoms with Crippen LogP contribution in [0.15, 0.2) is 0 Å². The van der Waals surface area contributed by atoms with Crippen molar-refractivity contribution in [1.82, 2.24) is 5.32 Å². The van der Waals surface area contributed by atoms with E-state index in [1.165, 1.54) is 0 Å². The van der Waals surface area contributed by atoms with Crippen LogP contribution < -0.4 is 11.1 Å². The van der Waals surface area contributed by atoms with Gasteiger partial charge in [-0.05, 0) is 25.7 Å². The predicted molar refractivity (Wildman–Crippen MR) is 77.3 cm³/mol. The van der Waals surface area contributed by atoms with Gasteiger partial charge in [0.2, 0.25) is 5.91 Å². The molecule has 0 aromatic carbocycles. The van der Waals surface area contributed by atoms with E-state index in [4.69, 9.17) is 15.2 Å². The molecule has 1 amide bonds. The zero-order valence-electron chi connectivity index (χ0n) is 12.9. The molecule has 20 heavy (non-hydrogen) atoms. The van der Waals surface area contributed by atoms with Crippen LogP contribution in [0.2, 0.25) is 0 Å². The Morgan fingerprint density at radius 1 is 1.45 bits per heavy atom. The maximum atomic E-state index is 12.5. The summed E-state index contributed by atoms with van der Waals surface area (Å²) in [6, 6.07) is 0. The van der Waals surface area contributed by atoms with Gasteiger partial charge >= 0.3 is 0 Å². The molecular formula is C15H28N2O3. The number of hydrogen-bond donors (Lipinski definition) is 2. The van der Waals surface area contributed by atoms with Crippen molar-refractivity contribution in [3.63, 3.8) is 0 Å². The Morgan fingerprint density at radius 2 is 2.20 bits per heavy atom. The summed E-state index contributed by atoms with van der Waals surface area (Å²) in [4.78, 5) is 12.5. The zero-order chi connectivity index (χ0) is 14.8. The fourth-order valence-corrected chi connectivity index (χ4v) is 3.76. The smallest absolute Gasteiger partial charge is 0.241 e. The minimum Gasteiger partial charge on any atom is -0.385 e. The molecule has 5 heteroatoms. The van der Waals surface area contributed by atoms with Gasteiger partial charge in [-0.3, -0.25) is 4.79 Å². The number of hydrogen-bond acceptors (Lipinski definition) is 4. The fraction of sp³-hybridized carbons (Fsp3) is 0.933. The van der Waals surface area contributed by atoms with Crippen LogP contribution in [0, 0.1) is 11.3 Å². The standard InChI is InChI=1S/C15H28N2O3/c1-14(2)12-11(7-6-10-20-12)15(14,16)13(18)17-8-4-5-9-19-3/h11-12H,4-10,16H2,1-3H3,(H,17,18). The average molecular weight is 284 g/mol. The second-order valence-corrected chi connectivity index (χ2v) is 6.59. The van der Waals surface area contributed by atoms with E-state index in [2.05, 4.69) is 5.32 Å². The SMILES string of the molecule is COCCCCNC(=O)C1(N)C2CCCOC2C1(C)C. The summed E-state index contributed by atoms with van der Waals surface area (Å²) in [6.07, 6.45) is 3.98. The highest BCUT2D eigenvalue weighted by molar-refractivity contribution is 5.89. The highest BCUT2D eigenvalue weighted by Gasteiger charge is 2.70. The minimum absolute atomic E-state index is 0.0216. The van der Waals surface area contributed by atoms with Crippen molar-refractivity contribution in [3.8, 4) is 0 Å². The number of nitrogens with two attached hydrogens (primary N) is 1. The highest BCUT2D eigenvalue weighted by atomic mass is 16.5. The largest absolute Gasteiger partial charge is 0.385 e. The summed E-state index contributed by atoms with van der Waals surface area (Å²) in [5, 5.41) is 3.00. The number of amides is 1. The Balaban J connectivity index is 1.90. The van der Waals surface area contributed by atoms with Crippen LogP contribution in [-0.4, -0.2) is 44.4 Å². The first-order valence-electron chi connectivity index (χ1n) is 7.64. The summed E-state index contributed by atoms with van der Waals surface area (Å²) in [5.41, 5.74) is 5.41. The van der Waals surface area contributed by atoms with Crippen LogP contribution in [0.5, 0.6) is 0 Å². The van der Waals surface area contributed by atoms with Gasteiger partial charge in [-0.15, -0.1) is 0 Å². The van der Waals surface area contributed by atoms with E-state index >= 15 is 0 Å². The van der Waals surface area contributed by atoms with E-state index in [0.29, 0.717) is 6.54 Å². The van der Waals surface area contributed by atoms with Crippen molar-refractivity contribution >= 4 is 5.91 Å². The Bertz CT molecular complexity index is 359. The lowest BCUT2D eigenvalue weighted by Gasteiger charge is -2.65. The van der Waals surface area contributed by atoms with Crippen LogP contribution >= 0.6 is 0 Å². The number of carbonyl (C=O) groups is 1. The average Bonchev–Trinajstić information content (AvgIpc) is 2.45. The Kier molecular flexibility index (Phi) is 4.72. The number of unbranched alkanes of at least 4 members (excludes halogenated alkanes) is 1. The topological polar surface area (TPSA) is 73.6 Å². The van der Waals surface area contributed by atoms with Gasteiger partial charge < -0.3 is 20.5 Å². The van der Waals surface area contributed by atoms with E-state index in [1.807, 2.05) is 13.8 Å². The zero-order valence-corrected chi connectivity index (χ0v) is 12.9. The van der Waals surface area contributed by atoms with E-state index < -0.39 is 5.54 Å². The first-order valence-corrected chi connectivity index (χ1v) is 7.64. The summed E-state index contributed by atoms with van der Waals surface area (Å²) in [6.45, 7) is 6.27. The predicted octanol–water partition coefficient (Wildman–Crippen LogP) is 1.06. The van der Waals surface area contributed by atoms with Gasteiger partial charge in [-0.1, -0.05) is 13.8 Å². The molecule has 2 fully saturated rings. The Labute approximate surface area is 121 Å². The lowest BCUT2D eigenvalue weighted by molar-refractivity contribution is -0.225. The van der Waals surface area contributed by atoms with E-state index in [-0.39, 0.29) is 23.3 Å². The van der Waals surface area contributed by atoms with Gasteiger partial charge in [0.1, 0.15) is 5.54 Å². The molecule has 3 N–H and O–H groups in total. The molecule has 0 aromatic rings. The molecule has 0 aromatic heterocycles. The monoisotopic (exact) mass is 284 g/mol. The Morgan fingerprint density at radius 3 is 2.90 bits per heavy atom. The van der Waals surface area contributed by atoms with Crippen molar-refractivity contribution in [2.45, 2.75) is 51.2 Å². The number of rotatable bonds is 6. The third kappa shape index (κ3) is 2.36. The molecule has 0 bridgehead atoms. The van der Waals surface area contributed by atoms with Gasteiger partial charge in [0.25, 0.3) is 0 Å². The molecule has 2 aliphatic rings. The lowest BCUT2D eigenvalue weighted by atomic mass is 9.46. The van der Waals surface area contributed by atoms with Crippen molar-refractivity contribution in [1.29, 1.82) is 0 Å². The number of nitrogens with one attached hydrogen (secondary N) is 1. The third-order valence-corrected chi connectivity index (χ3v) is 5.12. The number of carbonyl (C=O) groups excluding carboxylic acids is 1. The molecule has 116 valence electrons. The molecule has 0 spiro atoms. The molecule has 1 saturated carbocycles. The second kappa shape index (κ2) is 6.00. The van der Waals surface area contributed by atoms with Crippen LogP contribution in [0.25, 0.3) is 0 Å². The molecule has 3 unspecified atom stereocenters. The quantitative estimate of drug-likeness (QED) is 0.715. The van der Waals surface area contributed by atoms with Crippen LogP contribution in [-0.2, 0) is 14.3 Å². The van der Waals surface area contributed by atoms with Gasteiger partial charge in [0.15, 0.2) is 0 Å². The molecule has 3 atom stereocenters. The van der Waals surface area contributed by atoms with Gasteiger partial charge in [-0.25, -0.2) is 0 Å². The molecule has 1 saturated heterocycles. The fourth-order valence-electron chi connectivity index (χ4n) is 3.76. The van der Waals surface area contributed by atoms with Crippen LogP contribution in [0.1, 0.15) is 39.5 Å². The molecule has 0 radical (unpaired) electrons. The van der Waals surface area contributed by atoms with Crippen molar-refractivity contribution in [2.75, 3.05) is 26.9 Å². The molecule has 1 aliphatic heterocycles. The molecule has 1 heterocycles. The first-order chi connectivity index (χ1) is 9.46. The maximum absolute atomic E-state index is 12.5. The lowest BCUT2D eigenvalue weighted by Crippen LogP contribution is -2.82. The van der Waals surface area contributed by atoms with E-state index in [0.717, 1.165) is 38.9 Å². The van der Waals surface area contributed by atoms with E-state index in [9.17, 15) is 4.79 Å². The highest BCUT2D eigenvalue weighted by Crippen LogP contribution is 2.57. The van der Waals surface area contributed by atoms with E-state index in [1.54, 1.807) is 7.11 Å². The first kappa shape index (κ1) is 15.7. The van der Waals surface area contributed by atoms with Crippen LogP contribution in [0.3, 0.4) is 0 Å². The second-order valence-electron chi connectivity index (χ2n) is 6.59. The molecular weight excluding hydrogens is 256 g/mol. The maximum Gasteiger partial charge on any atom is 0.241 e. The van der Waals surface area contributed by atoms with Crippen molar-refractivity contribution in [2.24, 2.45) is 17.1 Å². The summed E-state index contributed by atoms with van der Waals surface area (Å²) >= 11 is 0. The molecule has 1 aliphatic carbocycles. The number of fused-ring (bicyclic) bond motifs is 1. The number of ether oxygens (including phenoxy) is 2. The van der Waals surface area contributed by atoms with Crippen molar-refractivity contribution in [3.05, 3.63) is 0 Å². The summed E-state index contributed by atoms with van der Waals surface area (Å²) < 4.78 is 10.8. The normalized spacial score (nSPS) is 35.0. The Hall–Kier alpha value is -0.650. The number of methoxy groups -OCH3 is 1. The van der Waals surface area contributed by atoms with Gasteiger partial charge in [0.05, 0.1) is 6.10 Å². The third-order valence-electron chi connectivity index (χ3n) is 5.12.